The molecule has 0 aromatic heterocycles. The third-order valence-electron chi connectivity index (χ3n) is 8.21. The molecule has 0 saturated carbocycles. The van der Waals surface area contributed by atoms with Crippen molar-refractivity contribution >= 4 is 5.97 Å². The molecule has 2 bridgehead atoms. The number of ether oxygens (including phenoxy) is 3. The minimum atomic E-state index is -1.81. The second-order valence-electron chi connectivity index (χ2n) is 9.74. The van der Waals surface area contributed by atoms with Gasteiger partial charge in [0.1, 0.15) is 30.5 Å². The van der Waals surface area contributed by atoms with E-state index >= 15 is 0 Å². The minimum Gasteiger partial charge on any atom is -0.483 e. The molecule has 0 unspecified atom stereocenters. The lowest BCUT2D eigenvalue weighted by atomic mass is 9.53. The molecule has 33 heavy (non-hydrogen) atoms. The van der Waals surface area contributed by atoms with Crippen molar-refractivity contribution in [3.63, 3.8) is 0 Å². The Morgan fingerprint density at radius 3 is 2.76 bits per heavy atom. The second-order valence-corrected chi connectivity index (χ2v) is 9.74. The van der Waals surface area contributed by atoms with Crippen LogP contribution in [0.4, 0.5) is 4.39 Å². The van der Waals surface area contributed by atoms with Crippen molar-refractivity contribution in [1.82, 2.24) is 4.90 Å². The highest BCUT2D eigenvalue weighted by Crippen LogP contribution is 2.61. The van der Waals surface area contributed by atoms with Crippen LogP contribution < -0.4 is 4.74 Å². The Morgan fingerprint density at radius 1 is 1.21 bits per heavy atom. The molecule has 9 nitrogen and oxygen atoms in total. The second kappa shape index (κ2) is 7.21. The van der Waals surface area contributed by atoms with Gasteiger partial charge in [0.05, 0.1) is 0 Å². The van der Waals surface area contributed by atoms with Gasteiger partial charge in [-0.15, -0.1) is 0 Å². The molecule has 2 saturated heterocycles. The number of likely N-dealkylation sites (tertiary alicyclic amines) is 1. The molecule has 10 atom stereocenters. The van der Waals surface area contributed by atoms with E-state index in [0.717, 1.165) is 30.5 Å². The summed E-state index contributed by atoms with van der Waals surface area (Å²) in [6, 6.07) is 3.46. The van der Waals surface area contributed by atoms with Crippen molar-refractivity contribution in [3.8, 4) is 5.75 Å². The zero-order valence-electron chi connectivity index (χ0n) is 17.9. The largest absolute Gasteiger partial charge is 0.483 e. The number of hydrogen-bond acceptors (Lipinski definition) is 8. The molecule has 0 radical (unpaired) electrons. The predicted octanol–water partition coefficient (Wildman–Crippen LogP) is -0.452. The molecular formula is C23H26FNO8. The lowest BCUT2D eigenvalue weighted by molar-refractivity contribution is -0.307. The highest BCUT2D eigenvalue weighted by molar-refractivity contribution is 5.73. The summed E-state index contributed by atoms with van der Waals surface area (Å²) in [6.45, 7) is 0.797. The van der Waals surface area contributed by atoms with Crippen molar-refractivity contribution < 1.29 is 43.8 Å². The van der Waals surface area contributed by atoms with Gasteiger partial charge in [0.15, 0.2) is 24.0 Å². The first kappa shape index (κ1) is 21.5. The number of carbonyl (C=O) groups is 1. The summed E-state index contributed by atoms with van der Waals surface area (Å²) < 4.78 is 32.4. The van der Waals surface area contributed by atoms with Crippen molar-refractivity contribution in [2.75, 3.05) is 13.6 Å². The first-order valence-corrected chi connectivity index (χ1v) is 11.2. The average Bonchev–Trinajstić information content (AvgIpc) is 3.14. The molecule has 3 heterocycles. The highest BCUT2D eigenvalue weighted by atomic mass is 19.1. The lowest BCUT2D eigenvalue weighted by Gasteiger charge is -2.57. The van der Waals surface area contributed by atoms with Gasteiger partial charge in [-0.3, -0.25) is 0 Å². The monoisotopic (exact) mass is 463 g/mol. The maximum absolute atomic E-state index is 14.9. The topological polar surface area (TPSA) is 129 Å². The van der Waals surface area contributed by atoms with Crippen LogP contribution in [0, 0.1) is 11.7 Å². The van der Waals surface area contributed by atoms with Gasteiger partial charge in [-0.2, -0.15) is 0 Å². The Labute approximate surface area is 189 Å². The minimum absolute atomic E-state index is 0.0769. The van der Waals surface area contributed by atoms with E-state index in [9.17, 15) is 29.6 Å². The van der Waals surface area contributed by atoms with E-state index in [-0.39, 0.29) is 17.7 Å². The van der Waals surface area contributed by atoms with Crippen LogP contribution in [-0.2, 0) is 26.1 Å². The molecule has 0 amide bonds. The Morgan fingerprint density at radius 2 is 2.00 bits per heavy atom. The Bertz CT molecular complexity index is 1030. The fourth-order valence-electron chi connectivity index (χ4n) is 6.64. The summed E-state index contributed by atoms with van der Waals surface area (Å²) in [6.07, 6.45) is -4.60. The van der Waals surface area contributed by atoms with Crippen molar-refractivity contribution in [2.45, 2.75) is 67.2 Å². The van der Waals surface area contributed by atoms with Crippen LogP contribution in [-0.4, -0.2) is 93.8 Å². The average molecular weight is 463 g/mol. The van der Waals surface area contributed by atoms with Crippen LogP contribution in [0.1, 0.15) is 17.5 Å². The number of likely N-dealkylation sites (N-methyl/N-ethyl adjacent to an activating group) is 1. The van der Waals surface area contributed by atoms with E-state index in [1.807, 2.05) is 12.1 Å². The third kappa shape index (κ3) is 2.76. The van der Waals surface area contributed by atoms with Gasteiger partial charge >= 0.3 is 5.97 Å². The number of benzene rings is 1. The number of carboxylic acids is 1. The van der Waals surface area contributed by atoms with Crippen LogP contribution in [0.15, 0.2) is 24.3 Å². The molecule has 2 aliphatic carbocycles. The molecule has 3 aliphatic heterocycles. The highest BCUT2D eigenvalue weighted by Gasteiger charge is 2.65. The summed E-state index contributed by atoms with van der Waals surface area (Å²) >= 11 is 0. The quantitative estimate of drug-likeness (QED) is 0.441. The lowest BCUT2D eigenvalue weighted by Crippen LogP contribution is -2.66. The van der Waals surface area contributed by atoms with E-state index < -0.39 is 60.1 Å². The Balaban J connectivity index is 1.38. The first-order valence-electron chi connectivity index (χ1n) is 11.2. The number of hydrogen-bond donors (Lipinski definition) is 4. The van der Waals surface area contributed by atoms with Crippen molar-refractivity contribution in [1.29, 1.82) is 0 Å². The molecule has 178 valence electrons. The third-order valence-corrected chi connectivity index (χ3v) is 8.21. The number of aliphatic carboxylic acids is 1. The van der Waals surface area contributed by atoms with Crippen LogP contribution >= 0.6 is 0 Å². The normalized spacial score (nSPS) is 45.4. The Kier molecular flexibility index (Phi) is 4.69. The molecule has 10 heteroatoms. The van der Waals surface area contributed by atoms with Crippen LogP contribution in [0.5, 0.6) is 5.75 Å². The van der Waals surface area contributed by atoms with Gasteiger partial charge < -0.3 is 39.5 Å². The van der Waals surface area contributed by atoms with E-state index in [1.165, 1.54) is 6.07 Å². The molecule has 4 N–H and O–H groups in total. The predicted molar refractivity (Wildman–Crippen MR) is 109 cm³/mol. The standard InChI is InChI=1S/C23H26FNO8/c1-25-7-6-23-10-3-5-13(31-22-17(28)15(26)16(27)19(33-22)21(29)30)20(23)32-18-11(24)4-2-9(14(18)23)8-12(10)25/h2-5,10,12-13,15-17,19-20,22,26-28H,6-8H2,1H3,(H,29,30)/t10-,12+,13-,15-,16-,17+,19-,20-,22+,23-/m0/s1. The molecule has 1 spiro atoms. The summed E-state index contributed by atoms with van der Waals surface area (Å²) in [5.74, 6) is -1.62. The molecule has 6 rings (SSSR count). The van der Waals surface area contributed by atoms with Gasteiger partial charge in [-0.05, 0) is 38.1 Å². The number of aliphatic hydroxyl groups is 3. The van der Waals surface area contributed by atoms with E-state index in [1.54, 1.807) is 6.08 Å². The smallest absolute Gasteiger partial charge is 0.335 e. The molecule has 2 fully saturated rings. The number of aliphatic hydroxyl groups excluding tert-OH is 3. The number of nitrogens with zero attached hydrogens (tertiary/aromatic N) is 1. The van der Waals surface area contributed by atoms with Gasteiger partial charge in [0.25, 0.3) is 0 Å². The molecule has 1 aromatic carbocycles. The molecular weight excluding hydrogens is 437 g/mol. The van der Waals surface area contributed by atoms with Gasteiger partial charge in [0, 0.05) is 22.9 Å². The number of piperidine rings is 1. The zero-order chi connectivity index (χ0) is 23.2. The number of carboxylic acid groups (broad SMARTS) is 1. The summed E-state index contributed by atoms with van der Waals surface area (Å²) in [4.78, 5) is 13.8. The van der Waals surface area contributed by atoms with Crippen molar-refractivity contribution in [3.05, 3.63) is 41.2 Å². The molecule has 5 aliphatic rings. The summed E-state index contributed by atoms with van der Waals surface area (Å²) in [5.41, 5.74) is 1.41. The van der Waals surface area contributed by atoms with E-state index in [0.29, 0.717) is 0 Å². The summed E-state index contributed by atoms with van der Waals surface area (Å²) in [7, 11) is 2.08. The number of halogens is 1. The van der Waals surface area contributed by atoms with Crippen LogP contribution in [0.3, 0.4) is 0 Å². The van der Waals surface area contributed by atoms with Gasteiger partial charge in [-0.25, -0.2) is 9.18 Å². The first-order chi connectivity index (χ1) is 15.7. The van der Waals surface area contributed by atoms with Gasteiger partial charge in [-0.1, -0.05) is 18.2 Å². The van der Waals surface area contributed by atoms with Crippen molar-refractivity contribution in [2.24, 2.45) is 5.92 Å². The van der Waals surface area contributed by atoms with Crippen LogP contribution in [0.25, 0.3) is 0 Å². The van der Waals surface area contributed by atoms with E-state index in [2.05, 4.69) is 11.9 Å². The number of rotatable bonds is 3. The zero-order valence-corrected chi connectivity index (χ0v) is 17.9. The van der Waals surface area contributed by atoms with Gasteiger partial charge in [0.2, 0.25) is 0 Å². The fraction of sp³-hybridized carbons (Fsp3) is 0.609. The maximum atomic E-state index is 14.9. The van der Waals surface area contributed by atoms with E-state index in [4.69, 9.17) is 14.2 Å². The summed E-state index contributed by atoms with van der Waals surface area (Å²) in [5, 5.41) is 39.9. The maximum Gasteiger partial charge on any atom is 0.335 e. The van der Waals surface area contributed by atoms with Crippen LogP contribution in [0.2, 0.25) is 0 Å². The Hall–Kier alpha value is -2.08. The molecule has 1 aromatic rings. The fourth-order valence-corrected chi connectivity index (χ4v) is 6.64. The SMILES string of the molecule is CN1CC[C@]23c4c5ccc(F)c4O[C@H]2[C@@H](O[C@@H]2O[C@H](C(=O)O)[C@@H](O)[C@H](O)[C@H]2O)C=C[C@H]3[C@H]1C5.